The number of nitrogens with zero attached hydrogens (tertiary/aromatic N) is 2. The van der Waals surface area contributed by atoms with Gasteiger partial charge >= 0.3 is 0 Å². The summed E-state index contributed by atoms with van der Waals surface area (Å²) in [4.78, 5) is 18.0. The van der Waals surface area contributed by atoms with Crippen LogP contribution in [0.5, 0.6) is 0 Å². The van der Waals surface area contributed by atoms with E-state index in [0.717, 1.165) is 16.9 Å². The van der Waals surface area contributed by atoms with Gasteiger partial charge in [0.1, 0.15) is 5.84 Å². The van der Waals surface area contributed by atoms with Crippen LogP contribution in [0.1, 0.15) is 19.4 Å². The Labute approximate surface area is 111 Å². The van der Waals surface area contributed by atoms with Crippen LogP contribution in [0.3, 0.4) is 0 Å². The third-order valence-electron chi connectivity index (χ3n) is 3.26. The second-order valence-electron chi connectivity index (χ2n) is 4.93. The molecule has 0 spiro atoms. The highest BCUT2D eigenvalue weighted by Crippen LogP contribution is 2.42. The molecule has 0 atom stereocenters. The molecule has 0 fully saturated rings. The van der Waals surface area contributed by atoms with Gasteiger partial charge in [-0.05, 0) is 37.6 Å². The van der Waals surface area contributed by atoms with E-state index in [1.165, 1.54) is 0 Å². The second-order valence-corrected chi connectivity index (χ2v) is 5.19. The average molecular weight is 266 g/mol. The van der Waals surface area contributed by atoms with E-state index >= 15 is 0 Å². The Hall–Kier alpha value is -1.55. The van der Waals surface area contributed by atoms with Crippen LogP contribution in [0.25, 0.3) is 0 Å². The van der Waals surface area contributed by atoms with Crippen molar-refractivity contribution in [3.8, 4) is 0 Å². The molecule has 0 radical (unpaired) electrons. The van der Waals surface area contributed by atoms with E-state index in [-0.39, 0.29) is 11.8 Å². The Balaban J connectivity index is 2.52. The number of halogens is 1. The fourth-order valence-electron chi connectivity index (χ4n) is 2.23. The van der Waals surface area contributed by atoms with E-state index in [1.807, 2.05) is 32.0 Å². The number of hydrogen-bond acceptors (Lipinski definition) is 2. The van der Waals surface area contributed by atoms with Gasteiger partial charge in [-0.25, -0.2) is 4.99 Å². The molecule has 1 heterocycles. The summed E-state index contributed by atoms with van der Waals surface area (Å²) in [6.45, 7) is 3.83. The summed E-state index contributed by atoms with van der Waals surface area (Å²) in [5.74, 6) is 0.648. The quantitative estimate of drug-likeness (QED) is 0.506. The van der Waals surface area contributed by atoms with Gasteiger partial charge in [0.15, 0.2) is 0 Å². The maximum absolute atomic E-state index is 12.1. The van der Waals surface area contributed by atoms with Crippen LogP contribution in [0.4, 0.5) is 11.4 Å². The zero-order valence-electron chi connectivity index (χ0n) is 10.7. The summed E-state index contributed by atoms with van der Waals surface area (Å²) in [5, 5.41) is 0. The number of alkyl halides is 1. The molecule has 1 aromatic rings. The zero-order chi connectivity index (χ0) is 13.5. The molecular weight excluding hydrogens is 250 g/mol. The predicted molar refractivity (Wildman–Crippen MR) is 74.9 cm³/mol. The molecule has 96 valence electrons. The van der Waals surface area contributed by atoms with Crippen LogP contribution in [0, 0.1) is 0 Å². The SMILES string of the molecule is CN1C(=O)C(C)(C)c2cc(N=C(N)CCl)ccc21. The smallest absolute Gasteiger partial charge is 0.236 e. The highest BCUT2D eigenvalue weighted by atomic mass is 35.5. The van der Waals surface area contributed by atoms with Gasteiger partial charge < -0.3 is 10.6 Å². The molecule has 2 N–H and O–H groups in total. The highest BCUT2D eigenvalue weighted by Gasteiger charge is 2.42. The number of likely N-dealkylation sites (N-methyl/N-ethyl adjacent to an activating group) is 1. The lowest BCUT2D eigenvalue weighted by atomic mass is 9.86. The van der Waals surface area contributed by atoms with E-state index < -0.39 is 5.41 Å². The van der Waals surface area contributed by atoms with Crippen molar-refractivity contribution in [1.82, 2.24) is 0 Å². The molecule has 18 heavy (non-hydrogen) atoms. The molecule has 1 aliphatic heterocycles. The zero-order valence-corrected chi connectivity index (χ0v) is 11.5. The third kappa shape index (κ3) is 1.86. The minimum atomic E-state index is -0.522. The maximum atomic E-state index is 12.1. The van der Waals surface area contributed by atoms with Crippen LogP contribution in [0.2, 0.25) is 0 Å². The number of fused-ring (bicyclic) bond motifs is 1. The Morgan fingerprint density at radius 1 is 1.50 bits per heavy atom. The largest absolute Gasteiger partial charge is 0.386 e. The molecule has 0 unspecified atom stereocenters. The number of amidine groups is 1. The number of amides is 1. The van der Waals surface area contributed by atoms with E-state index in [2.05, 4.69) is 4.99 Å². The molecule has 0 bridgehead atoms. The number of rotatable bonds is 2. The molecule has 1 amide bonds. The lowest BCUT2D eigenvalue weighted by molar-refractivity contribution is -0.121. The minimum Gasteiger partial charge on any atom is -0.386 e. The number of nitrogens with two attached hydrogens (primary N) is 1. The molecular formula is C13H16ClN3O. The topological polar surface area (TPSA) is 58.7 Å². The Bertz CT molecular complexity index is 537. The van der Waals surface area contributed by atoms with Crippen molar-refractivity contribution < 1.29 is 4.79 Å². The fourth-order valence-corrected chi connectivity index (χ4v) is 2.29. The lowest BCUT2D eigenvalue weighted by Crippen LogP contribution is -2.33. The van der Waals surface area contributed by atoms with E-state index in [1.54, 1.807) is 11.9 Å². The first kappa shape index (κ1) is 12.9. The van der Waals surface area contributed by atoms with Crippen molar-refractivity contribution in [2.45, 2.75) is 19.3 Å². The Morgan fingerprint density at radius 2 is 2.17 bits per heavy atom. The van der Waals surface area contributed by atoms with Crippen LogP contribution in [-0.2, 0) is 10.2 Å². The van der Waals surface area contributed by atoms with Crippen LogP contribution in [0.15, 0.2) is 23.2 Å². The highest BCUT2D eigenvalue weighted by molar-refractivity contribution is 6.28. The van der Waals surface area contributed by atoms with Crippen LogP contribution >= 0.6 is 11.6 Å². The summed E-state index contributed by atoms with van der Waals surface area (Å²) < 4.78 is 0. The van der Waals surface area contributed by atoms with Crippen LogP contribution < -0.4 is 10.6 Å². The van der Waals surface area contributed by atoms with Gasteiger partial charge in [0, 0.05) is 12.7 Å². The van der Waals surface area contributed by atoms with Crippen molar-refractivity contribution in [2.24, 2.45) is 10.7 Å². The molecule has 4 nitrogen and oxygen atoms in total. The van der Waals surface area contributed by atoms with Crippen molar-refractivity contribution in [1.29, 1.82) is 0 Å². The van der Waals surface area contributed by atoms with Gasteiger partial charge in [0.25, 0.3) is 0 Å². The van der Waals surface area contributed by atoms with Gasteiger partial charge in [0.05, 0.1) is 17.0 Å². The molecule has 2 rings (SSSR count). The van der Waals surface area contributed by atoms with Gasteiger partial charge in [-0.2, -0.15) is 0 Å². The second kappa shape index (κ2) is 4.28. The molecule has 0 aromatic heterocycles. The molecule has 0 aliphatic carbocycles. The van der Waals surface area contributed by atoms with Gasteiger partial charge in [-0.15, -0.1) is 11.6 Å². The minimum absolute atomic E-state index is 0.0870. The number of anilines is 1. The summed E-state index contributed by atoms with van der Waals surface area (Å²) in [5.41, 5.74) is 7.71. The van der Waals surface area contributed by atoms with Crippen LogP contribution in [-0.4, -0.2) is 24.7 Å². The third-order valence-corrected chi connectivity index (χ3v) is 3.54. The number of carbonyl (C=O) groups is 1. The fraction of sp³-hybridized carbons (Fsp3) is 0.385. The number of hydrogen-bond donors (Lipinski definition) is 1. The summed E-state index contributed by atoms with van der Waals surface area (Å²) in [7, 11) is 1.78. The normalized spacial score (nSPS) is 18.1. The number of carbonyl (C=O) groups excluding carboxylic acids is 1. The van der Waals surface area contributed by atoms with E-state index in [0.29, 0.717) is 5.84 Å². The summed E-state index contributed by atoms with van der Waals surface area (Å²) >= 11 is 5.60. The van der Waals surface area contributed by atoms with Gasteiger partial charge in [-0.3, -0.25) is 4.79 Å². The average Bonchev–Trinajstić information content (AvgIpc) is 2.51. The first-order valence-electron chi connectivity index (χ1n) is 5.69. The van der Waals surface area contributed by atoms with E-state index in [9.17, 15) is 4.79 Å². The molecule has 5 heteroatoms. The Morgan fingerprint density at radius 3 is 2.78 bits per heavy atom. The predicted octanol–water partition coefficient (Wildman–Crippen LogP) is 2.17. The molecule has 1 aliphatic rings. The van der Waals surface area contributed by atoms with Gasteiger partial charge in [-0.1, -0.05) is 0 Å². The standard InChI is InChI=1S/C13H16ClN3O/c1-13(2)9-6-8(16-11(15)7-14)4-5-10(9)17(3)12(13)18/h4-6H,7H2,1-3H3,(H2,15,16). The van der Waals surface area contributed by atoms with E-state index in [4.69, 9.17) is 17.3 Å². The monoisotopic (exact) mass is 265 g/mol. The van der Waals surface area contributed by atoms with Crippen molar-refractivity contribution in [2.75, 3.05) is 17.8 Å². The first-order valence-corrected chi connectivity index (χ1v) is 6.23. The van der Waals surface area contributed by atoms with Gasteiger partial charge in [0.2, 0.25) is 5.91 Å². The lowest BCUT2D eigenvalue weighted by Gasteiger charge is -2.16. The first-order chi connectivity index (χ1) is 8.37. The van der Waals surface area contributed by atoms with Crippen molar-refractivity contribution in [3.63, 3.8) is 0 Å². The summed E-state index contributed by atoms with van der Waals surface area (Å²) in [6.07, 6.45) is 0. The number of aliphatic imine (C=N–C) groups is 1. The molecule has 1 aromatic carbocycles. The summed E-state index contributed by atoms with van der Waals surface area (Å²) in [6, 6.07) is 5.63. The van der Waals surface area contributed by atoms with Crippen molar-refractivity contribution in [3.05, 3.63) is 23.8 Å². The molecule has 0 saturated heterocycles. The Kier molecular flexibility index (Phi) is 3.07. The van der Waals surface area contributed by atoms with Crippen molar-refractivity contribution >= 4 is 34.7 Å². The number of benzene rings is 1. The maximum Gasteiger partial charge on any atom is 0.236 e. The molecule has 0 saturated carbocycles.